The molecule has 1 atom stereocenters. The summed E-state index contributed by atoms with van der Waals surface area (Å²) < 4.78 is 19.1. The SMILES string of the molecule is CN(CC1CCCCO1)C(=O)c1ccc(-c2ccc(F)c(C#N)c2)cc1. The van der Waals surface area contributed by atoms with Crippen LogP contribution in [0.5, 0.6) is 0 Å². The van der Waals surface area contributed by atoms with Gasteiger partial charge in [-0.25, -0.2) is 4.39 Å². The van der Waals surface area contributed by atoms with E-state index in [-0.39, 0.29) is 17.6 Å². The van der Waals surface area contributed by atoms with Crippen molar-refractivity contribution in [1.29, 1.82) is 5.26 Å². The maximum atomic E-state index is 13.5. The van der Waals surface area contributed by atoms with Gasteiger partial charge in [0.25, 0.3) is 5.91 Å². The highest BCUT2D eigenvalue weighted by atomic mass is 19.1. The van der Waals surface area contributed by atoms with Crippen LogP contribution in [0.15, 0.2) is 42.5 Å². The van der Waals surface area contributed by atoms with Crippen LogP contribution in [0.1, 0.15) is 35.2 Å². The van der Waals surface area contributed by atoms with Crippen molar-refractivity contribution in [2.75, 3.05) is 20.2 Å². The van der Waals surface area contributed by atoms with Crippen LogP contribution in [-0.2, 0) is 4.74 Å². The quantitative estimate of drug-likeness (QED) is 0.835. The Kier molecular flexibility index (Phi) is 5.65. The standard InChI is InChI=1S/C21H21FN2O2/c1-24(14-19-4-2-3-11-26-19)21(25)16-7-5-15(6-8-16)17-9-10-20(22)18(12-17)13-23/h5-10,12,19H,2-4,11,14H2,1H3. The summed E-state index contributed by atoms with van der Waals surface area (Å²) in [6.07, 6.45) is 3.33. The van der Waals surface area contributed by atoms with Gasteiger partial charge in [0.2, 0.25) is 0 Å². The topological polar surface area (TPSA) is 53.3 Å². The van der Waals surface area contributed by atoms with Crippen LogP contribution in [0.2, 0.25) is 0 Å². The summed E-state index contributed by atoms with van der Waals surface area (Å²) in [5.74, 6) is -0.586. The number of rotatable bonds is 4. The van der Waals surface area contributed by atoms with Gasteiger partial charge in [-0.15, -0.1) is 0 Å². The number of likely N-dealkylation sites (N-methyl/N-ethyl adjacent to an activating group) is 1. The Hall–Kier alpha value is -2.71. The van der Waals surface area contributed by atoms with Crippen molar-refractivity contribution < 1.29 is 13.9 Å². The van der Waals surface area contributed by atoms with E-state index in [0.29, 0.717) is 12.1 Å². The fraction of sp³-hybridized carbons (Fsp3) is 0.333. The minimum Gasteiger partial charge on any atom is -0.376 e. The number of carbonyl (C=O) groups is 1. The predicted octanol–water partition coefficient (Wildman–Crippen LogP) is 4.01. The molecule has 26 heavy (non-hydrogen) atoms. The first kappa shape index (κ1) is 18.1. The van der Waals surface area contributed by atoms with E-state index in [1.165, 1.54) is 12.1 Å². The van der Waals surface area contributed by atoms with Crippen molar-refractivity contribution in [1.82, 2.24) is 4.90 Å². The Morgan fingerprint density at radius 1 is 1.23 bits per heavy atom. The van der Waals surface area contributed by atoms with Crippen LogP contribution in [0.4, 0.5) is 4.39 Å². The molecule has 1 fully saturated rings. The van der Waals surface area contributed by atoms with E-state index < -0.39 is 5.82 Å². The lowest BCUT2D eigenvalue weighted by atomic mass is 10.0. The van der Waals surface area contributed by atoms with Crippen molar-refractivity contribution in [3.8, 4) is 17.2 Å². The lowest BCUT2D eigenvalue weighted by Crippen LogP contribution is -2.37. The van der Waals surface area contributed by atoms with Gasteiger partial charge in [0, 0.05) is 25.8 Å². The van der Waals surface area contributed by atoms with E-state index in [9.17, 15) is 9.18 Å². The normalized spacial score (nSPS) is 16.7. The van der Waals surface area contributed by atoms with E-state index in [2.05, 4.69) is 0 Å². The summed E-state index contributed by atoms with van der Waals surface area (Å²) in [6, 6.07) is 13.4. The fourth-order valence-corrected chi connectivity index (χ4v) is 3.16. The van der Waals surface area contributed by atoms with Crippen LogP contribution in [0.25, 0.3) is 11.1 Å². The summed E-state index contributed by atoms with van der Waals surface area (Å²) in [5.41, 5.74) is 2.17. The van der Waals surface area contributed by atoms with E-state index >= 15 is 0 Å². The van der Waals surface area contributed by atoms with Gasteiger partial charge in [0.15, 0.2) is 0 Å². The molecule has 0 N–H and O–H groups in total. The average Bonchev–Trinajstić information content (AvgIpc) is 2.68. The molecule has 4 nitrogen and oxygen atoms in total. The van der Waals surface area contributed by atoms with Crippen LogP contribution in [0.3, 0.4) is 0 Å². The second-order valence-electron chi connectivity index (χ2n) is 6.56. The van der Waals surface area contributed by atoms with Crippen LogP contribution in [-0.4, -0.2) is 37.1 Å². The molecule has 1 aliphatic heterocycles. The summed E-state index contributed by atoms with van der Waals surface area (Å²) in [6.45, 7) is 1.35. The second-order valence-corrected chi connectivity index (χ2v) is 6.56. The third kappa shape index (κ3) is 4.09. The van der Waals surface area contributed by atoms with Crippen molar-refractivity contribution in [3.05, 3.63) is 59.4 Å². The first-order chi connectivity index (χ1) is 12.6. The second kappa shape index (κ2) is 8.11. The molecule has 0 saturated carbocycles. The summed E-state index contributed by atoms with van der Waals surface area (Å²) in [5, 5.41) is 8.95. The minimum absolute atomic E-state index is 0.00914. The molecular formula is C21H21FN2O2. The number of hydrogen-bond donors (Lipinski definition) is 0. The Bertz CT molecular complexity index is 821. The number of hydrogen-bond acceptors (Lipinski definition) is 3. The number of benzene rings is 2. The molecule has 1 heterocycles. The van der Waals surface area contributed by atoms with Crippen molar-refractivity contribution >= 4 is 5.91 Å². The number of amides is 1. The molecular weight excluding hydrogens is 331 g/mol. The van der Waals surface area contributed by atoms with E-state index in [0.717, 1.165) is 37.0 Å². The van der Waals surface area contributed by atoms with Crippen LogP contribution >= 0.6 is 0 Å². The van der Waals surface area contributed by atoms with Gasteiger partial charge in [-0.05, 0) is 54.7 Å². The molecule has 2 aromatic carbocycles. The smallest absolute Gasteiger partial charge is 0.253 e. The third-order valence-corrected chi connectivity index (χ3v) is 4.65. The average molecular weight is 352 g/mol. The third-order valence-electron chi connectivity index (χ3n) is 4.65. The van der Waals surface area contributed by atoms with E-state index in [4.69, 9.17) is 10.00 Å². The number of nitrogens with zero attached hydrogens (tertiary/aromatic N) is 2. The van der Waals surface area contributed by atoms with Crippen molar-refractivity contribution in [2.24, 2.45) is 0 Å². The number of halogens is 1. The lowest BCUT2D eigenvalue weighted by Gasteiger charge is -2.27. The maximum Gasteiger partial charge on any atom is 0.253 e. The predicted molar refractivity (Wildman–Crippen MR) is 97.1 cm³/mol. The van der Waals surface area contributed by atoms with Crippen LogP contribution in [0, 0.1) is 17.1 Å². The molecule has 1 amide bonds. The first-order valence-corrected chi connectivity index (χ1v) is 8.75. The number of ether oxygens (including phenoxy) is 1. The summed E-state index contributed by atoms with van der Waals surface area (Å²) in [7, 11) is 1.79. The van der Waals surface area contributed by atoms with Crippen molar-refractivity contribution in [3.63, 3.8) is 0 Å². The molecule has 134 valence electrons. The fourth-order valence-electron chi connectivity index (χ4n) is 3.16. The lowest BCUT2D eigenvalue weighted by molar-refractivity contribution is -0.000186. The number of nitriles is 1. The molecule has 5 heteroatoms. The highest BCUT2D eigenvalue weighted by Gasteiger charge is 2.19. The zero-order valence-corrected chi connectivity index (χ0v) is 14.7. The molecule has 1 saturated heterocycles. The zero-order valence-electron chi connectivity index (χ0n) is 14.7. The highest BCUT2D eigenvalue weighted by molar-refractivity contribution is 5.94. The summed E-state index contributed by atoms with van der Waals surface area (Å²) >= 11 is 0. The Morgan fingerprint density at radius 2 is 1.96 bits per heavy atom. The molecule has 3 rings (SSSR count). The largest absolute Gasteiger partial charge is 0.376 e. The van der Waals surface area contributed by atoms with Crippen LogP contribution < -0.4 is 0 Å². The van der Waals surface area contributed by atoms with Gasteiger partial charge < -0.3 is 9.64 Å². The first-order valence-electron chi connectivity index (χ1n) is 8.75. The molecule has 0 bridgehead atoms. The molecule has 0 radical (unpaired) electrons. The zero-order chi connectivity index (χ0) is 18.5. The maximum absolute atomic E-state index is 13.5. The molecule has 0 aromatic heterocycles. The molecule has 1 unspecified atom stereocenters. The van der Waals surface area contributed by atoms with Gasteiger partial charge >= 0.3 is 0 Å². The van der Waals surface area contributed by atoms with Gasteiger partial charge in [0.05, 0.1) is 11.7 Å². The number of carbonyl (C=O) groups excluding carboxylic acids is 1. The summed E-state index contributed by atoms with van der Waals surface area (Å²) in [4.78, 5) is 14.3. The molecule has 0 aliphatic carbocycles. The Balaban J connectivity index is 1.70. The van der Waals surface area contributed by atoms with E-state index in [1.54, 1.807) is 30.1 Å². The van der Waals surface area contributed by atoms with Gasteiger partial charge in [-0.3, -0.25) is 4.79 Å². The Labute approximate surface area is 152 Å². The highest BCUT2D eigenvalue weighted by Crippen LogP contribution is 2.23. The van der Waals surface area contributed by atoms with Gasteiger partial charge in [0.1, 0.15) is 11.9 Å². The minimum atomic E-state index is -0.533. The monoisotopic (exact) mass is 352 g/mol. The van der Waals surface area contributed by atoms with Gasteiger partial charge in [-0.2, -0.15) is 5.26 Å². The van der Waals surface area contributed by atoms with E-state index in [1.807, 2.05) is 18.2 Å². The molecule has 1 aliphatic rings. The molecule has 0 spiro atoms. The van der Waals surface area contributed by atoms with Gasteiger partial charge in [-0.1, -0.05) is 18.2 Å². The Morgan fingerprint density at radius 3 is 2.62 bits per heavy atom. The molecule has 2 aromatic rings. The van der Waals surface area contributed by atoms with Crippen molar-refractivity contribution in [2.45, 2.75) is 25.4 Å².